The molecule has 0 spiro atoms. The zero-order valence-corrected chi connectivity index (χ0v) is 13.3. The highest BCUT2D eigenvalue weighted by atomic mass is 16.4. The molecule has 0 saturated heterocycles. The van der Waals surface area contributed by atoms with Crippen LogP contribution in [0, 0.1) is 17.3 Å². The number of amides is 1. The van der Waals surface area contributed by atoms with Crippen molar-refractivity contribution < 1.29 is 14.7 Å². The van der Waals surface area contributed by atoms with E-state index >= 15 is 0 Å². The summed E-state index contributed by atoms with van der Waals surface area (Å²) >= 11 is 0. The van der Waals surface area contributed by atoms with Crippen LogP contribution < -0.4 is 0 Å². The van der Waals surface area contributed by atoms with Crippen LogP contribution in [0.3, 0.4) is 0 Å². The van der Waals surface area contributed by atoms with E-state index in [1.54, 1.807) is 4.90 Å². The first-order valence-electron chi connectivity index (χ1n) is 7.76. The highest BCUT2D eigenvalue weighted by Gasteiger charge is 2.33. The summed E-state index contributed by atoms with van der Waals surface area (Å²) in [6, 6.07) is 0. The van der Waals surface area contributed by atoms with E-state index in [0.29, 0.717) is 24.4 Å². The van der Waals surface area contributed by atoms with E-state index in [2.05, 4.69) is 20.8 Å². The van der Waals surface area contributed by atoms with Gasteiger partial charge in [0.25, 0.3) is 0 Å². The molecule has 1 aliphatic rings. The zero-order valence-electron chi connectivity index (χ0n) is 13.3. The van der Waals surface area contributed by atoms with Gasteiger partial charge in [0.1, 0.15) is 0 Å². The lowest BCUT2D eigenvalue weighted by molar-refractivity contribution is -0.140. The summed E-state index contributed by atoms with van der Waals surface area (Å²) in [6.07, 6.45) is 4.15. The van der Waals surface area contributed by atoms with E-state index in [9.17, 15) is 9.59 Å². The van der Waals surface area contributed by atoms with Crippen molar-refractivity contribution in [3.63, 3.8) is 0 Å². The standard InChI is InChI=1S/C16H29NO3/c1-5-17(11-10-14(18)19)15(20)12-6-8-13(9-7-12)16(2,3)4/h12-13H,5-11H2,1-4H3,(H,18,19). The zero-order chi connectivity index (χ0) is 15.3. The molecule has 20 heavy (non-hydrogen) atoms. The number of nitrogens with zero attached hydrogens (tertiary/aromatic N) is 1. The van der Waals surface area contributed by atoms with Crippen LogP contribution >= 0.6 is 0 Å². The minimum absolute atomic E-state index is 0.0386. The van der Waals surface area contributed by atoms with Crippen molar-refractivity contribution in [1.82, 2.24) is 4.90 Å². The first-order chi connectivity index (χ1) is 9.25. The van der Waals surface area contributed by atoms with Gasteiger partial charge in [0.15, 0.2) is 0 Å². The van der Waals surface area contributed by atoms with Crippen LogP contribution in [-0.4, -0.2) is 35.0 Å². The minimum atomic E-state index is -0.840. The molecule has 0 radical (unpaired) electrons. The summed E-state index contributed by atoms with van der Waals surface area (Å²) < 4.78 is 0. The van der Waals surface area contributed by atoms with Gasteiger partial charge in [-0.3, -0.25) is 9.59 Å². The maximum absolute atomic E-state index is 12.4. The van der Waals surface area contributed by atoms with Gasteiger partial charge in [-0.15, -0.1) is 0 Å². The fourth-order valence-electron chi connectivity index (χ4n) is 3.12. The molecule has 1 fully saturated rings. The van der Waals surface area contributed by atoms with E-state index < -0.39 is 5.97 Å². The molecule has 4 heteroatoms. The van der Waals surface area contributed by atoms with Gasteiger partial charge >= 0.3 is 5.97 Å². The van der Waals surface area contributed by atoms with Crippen LogP contribution in [0.4, 0.5) is 0 Å². The summed E-state index contributed by atoms with van der Waals surface area (Å²) in [4.78, 5) is 24.8. The molecular weight excluding hydrogens is 254 g/mol. The Morgan fingerprint density at radius 2 is 1.70 bits per heavy atom. The maximum atomic E-state index is 12.4. The van der Waals surface area contributed by atoms with Crippen molar-refractivity contribution in [2.45, 2.75) is 59.8 Å². The molecule has 0 aromatic heterocycles. The molecule has 116 valence electrons. The van der Waals surface area contributed by atoms with Gasteiger partial charge in [-0.1, -0.05) is 20.8 Å². The summed E-state index contributed by atoms with van der Waals surface area (Å²) in [5.41, 5.74) is 0.321. The van der Waals surface area contributed by atoms with Gasteiger partial charge in [-0.2, -0.15) is 0 Å². The van der Waals surface area contributed by atoms with Crippen molar-refractivity contribution in [1.29, 1.82) is 0 Å². The summed E-state index contributed by atoms with van der Waals surface area (Å²) in [7, 11) is 0. The van der Waals surface area contributed by atoms with E-state index in [1.807, 2.05) is 6.92 Å². The molecule has 1 aliphatic carbocycles. The molecule has 0 aromatic carbocycles. The first-order valence-corrected chi connectivity index (χ1v) is 7.76. The molecule has 0 bridgehead atoms. The van der Waals surface area contributed by atoms with Gasteiger partial charge in [0, 0.05) is 19.0 Å². The molecule has 0 heterocycles. The highest BCUT2D eigenvalue weighted by molar-refractivity contribution is 5.79. The number of carboxylic acid groups (broad SMARTS) is 1. The second-order valence-corrected chi connectivity index (χ2v) is 6.98. The lowest BCUT2D eigenvalue weighted by Gasteiger charge is -2.37. The normalized spacial score (nSPS) is 23.4. The summed E-state index contributed by atoms with van der Waals surface area (Å²) in [5.74, 6) is 0.108. The quantitative estimate of drug-likeness (QED) is 0.843. The Kier molecular flexibility index (Phi) is 6.03. The smallest absolute Gasteiger partial charge is 0.305 e. The third-order valence-corrected chi connectivity index (χ3v) is 4.59. The molecule has 1 rings (SSSR count). The average molecular weight is 283 g/mol. The fraction of sp³-hybridized carbons (Fsp3) is 0.875. The maximum Gasteiger partial charge on any atom is 0.305 e. The Labute approximate surface area is 122 Å². The van der Waals surface area contributed by atoms with Crippen molar-refractivity contribution in [3.8, 4) is 0 Å². The lowest BCUT2D eigenvalue weighted by Crippen LogP contribution is -2.39. The second-order valence-electron chi connectivity index (χ2n) is 6.98. The third-order valence-electron chi connectivity index (χ3n) is 4.59. The van der Waals surface area contributed by atoms with Crippen LogP contribution in [0.2, 0.25) is 0 Å². The second kappa shape index (κ2) is 7.09. The number of hydrogen-bond donors (Lipinski definition) is 1. The third kappa shape index (κ3) is 4.80. The van der Waals surface area contributed by atoms with E-state index in [1.165, 1.54) is 0 Å². The van der Waals surface area contributed by atoms with E-state index in [0.717, 1.165) is 25.7 Å². The number of carboxylic acids is 1. The fourth-order valence-corrected chi connectivity index (χ4v) is 3.12. The lowest BCUT2D eigenvalue weighted by atomic mass is 9.69. The average Bonchev–Trinajstić information content (AvgIpc) is 2.38. The molecule has 1 amide bonds. The largest absolute Gasteiger partial charge is 0.481 e. The molecule has 1 N–H and O–H groups in total. The van der Waals surface area contributed by atoms with Crippen LogP contribution in [0.1, 0.15) is 59.8 Å². The summed E-state index contributed by atoms with van der Waals surface area (Å²) in [5, 5.41) is 8.74. The molecular formula is C16H29NO3. The number of carbonyl (C=O) groups is 2. The number of rotatable bonds is 5. The van der Waals surface area contributed by atoms with Crippen molar-refractivity contribution >= 4 is 11.9 Å². The van der Waals surface area contributed by atoms with Crippen LogP contribution in [0.5, 0.6) is 0 Å². The van der Waals surface area contributed by atoms with Gasteiger partial charge in [0.05, 0.1) is 6.42 Å². The van der Waals surface area contributed by atoms with Crippen LogP contribution in [0.15, 0.2) is 0 Å². The summed E-state index contributed by atoms with van der Waals surface area (Å²) in [6.45, 7) is 9.66. The molecule has 0 aliphatic heterocycles. The first kappa shape index (κ1) is 17.0. The Balaban J connectivity index is 2.50. The molecule has 0 aromatic rings. The van der Waals surface area contributed by atoms with Gasteiger partial charge in [0.2, 0.25) is 5.91 Å². The number of aliphatic carboxylic acids is 1. The minimum Gasteiger partial charge on any atom is -0.481 e. The van der Waals surface area contributed by atoms with E-state index in [4.69, 9.17) is 5.11 Å². The van der Waals surface area contributed by atoms with Gasteiger partial charge in [-0.05, 0) is 43.9 Å². The van der Waals surface area contributed by atoms with Gasteiger partial charge in [-0.25, -0.2) is 0 Å². The topological polar surface area (TPSA) is 57.6 Å². The van der Waals surface area contributed by atoms with Crippen LogP contribution in [-0.2, 0) is 9.59 Å². The van der Waals surface area contributed by atoms with Crippen LogP contribution in [0.25, 0.3) is 0 Å². The monoisotopic (exact) mass is 283 g/mol. The Morgan fingerprint density at radius 3 is 2.10 bits per heavy atom. The number of hydrogen-bond acceptors (Lipinski definition) is 2. The van der Waals surface area contributed by atoms with Gasteiger partial charge < -0.3 is 10.0 Å². The Hall–Kier alpha value is -1.06. The highest BCUT2D eigenvalue weighted by Crippen LogP contribution is 2.40. The molecule has 1 saturated carbocycles. The predicted molar refractivity (Wildman–Crippen MR) is 79.4 cm³/mol. The number of carbonyl (C=O) groups excluding carboxylic acids is 1. The van der Waals surface area contributed by atoms with Crippen molar-refractivity contribution in [3.05, 3.63) is 0 Å². The SMILES string of the molecule is CCN(CCC(=O)O)C(=O)C1CCC(C(C)(C)C)CC1. The molecule has 0 atom stereocenters. The predicted octanol–water partition coefficient (Wildman–Crippen LogP) is 3.16. The molecule has 0 unspecified atom stereocenters. The Morgan fingerprint density at radius 1 is 1.15 bits per heavy atom. The van der Waals surface area contributed by atoms with Crippen molar-refractivity contribution in [2.75, 3.05) is 13.1 Å². The van der Waals surface area contributed by atoms with E-state index in [-0.39, 0.29) is 18.2 Å². The molecule has 4 nitrogen and oxygen atoms in total. The Bertz CT molecular complexity index is 338. The van der Waals surface area contributed by atoms with Crippen molar-refractivity contribution in [2.24, 2.45) is 17.3 Å².